The molecule has 10 nitrogen and oxygen atoms in total. The Kier molecular flexibility index (Phi) is 5.27. The zero-order valence-corrected chi connectivity index (χ0v) is 14.8. The molecule has 0 aliphatic rings. The molecule has 0 atom stereocenters. The smallest absolute Gasteiger partial charge is 0.269 e. The van der Waals surface area contributed by atoms with Crippen molar-refractivity contribution in [3.8, 4) is 17.1 Å². The van der Waals surface area contributed by atoms with E-state index in [9.17, 15) is 14.9 Å². The number of carbonyl (C=O) groups excluding carboxylic acids is 1. The van der Waals surface area contributed by atoms with Crippen LogP contribution in [0.1, 0.15) is 0 Å². The molecule has 0 saturated heterocycles. The highest BCUT2D eigenvalue weighted by Crippen LogP contribution is 2.27. The summed E-state index contributed by atoms with van der Waals surface area (Å²) < 4.78 is 5.17. The van der Waals surface area contributed by atoms with E-state index in [0.29, 0.717) is 22.0 Å². The van der Waals surface area contributed by atoms with Crippen LogP contribution in [0.4, 0.5) is 11.4 Å². The lowest BCUT2D eigenvalue weighted by atomic mass is 10.2. The third-order valence-corrected chi connectivity index (χ3v) is 3.74. The van der Waals surface area contributed by atoms with Crippen molar-refractivity contribution in [1.29, 1.82) is 0 Å². The number of amides is 1. The quantitative estimate of drug-likeness (QED) is 0.508. The number of non-ortho nitro benzene ring substituents is 1. The number of halogens is 1. The first kappa shape index (κ1) is 18.3. The van der Waals surface area contributed by atoms with Crippen LogP contribution in [0.25, 0.3) is 11.4 Å². The van der Waals surface area contributed by atoms with Crippen molar-refractivity contribution >= 4 is 28.9 Å². The van der Waals surface area contributed by atoms with Gasteiger partial charge in [-0.15, -0.1) is 10.2 Å². The topological polar surface area (TPSA) is 125 Å². The summed E-state index contributed by atoms with van der Waals surface area (Å²) in [5.41, 5.74) is 0.926. The van der Waals surface area contributed by atoms with Crippen molar-refractivity contribution < 1.29 is 14.5 Å². The molecule has 0 saturated carbocycles. The summed E-state index contributed by atoms with van der Waals surface area (Å²) in [4.78, 5) is 23.5. The lowest BCUT2D eigenvalue weighted by Crippen LogP contribution is -2.20. The molecule has 1 heterocycles. The molecule has 0 spiro atoms. The average molecular weight is 389 g/mol. The maximum Gasteiger partial charge on any atom is 0.269 e. The number of benzene rings is 2. The van der Waals surface area contributed by atoms with E-state index >= 15 is 0 Å². The van der Waals surface area contributed by atoms with Crippen LogP contribution in [0.3, 0.4) is 0 Å². The van der Waals surface area contributed by atoms with E-state index in [1.165, 1.54) is 31.4 Å². The Hall–Kier alpha value is -3.53. The second-order valence-corrected chi connectivity index (χ2v) is 5.78. The van der Waals surface area contributed by atoms with Gasteiger partial charge >= 0.3 is 0 Å². The van der Waals surface area contributed by atoms with Gasteiger partial charge in [0.05, 0.1) is 17.7 Å². The minimum Gasteiger partial charge on any atom is -0.495 e. The summed E-state index contributed by atoms with van der Waals surface area (Å²) >= 11 is 5.93. The second kappa shape index (κ2) is 7.79. The number of anilines is 1. The number of nitrogens with zero attached hydrogens (tertiary/aromatic N) is 5. The molecular formula is C16H13ClN6O4. The molecule has 3 rings (SSSR count). The normalized spacial score (nSPS) is 10.4. The van der Waals surface area contributed by atoms with Crippen molar-refractivity contribution in [2.45, 2.75) is 6.54 Å². The number of nitrogens with one attached hydrogen (secondary N) is 1. The molecule has 0 fully saturated rings. The molecule has 27 heavy (non-hydrogen) atoms. The van der Waals surface area contributed by atoms with Gasteiger partial charge in [-0.25, -0.2) is 0 Å². The third kappa shape index (κ3) is 4.36. The number of hydrogen-bond donors (Lipinski definition) is 1. The highest BCUT2D eigenvalue weighted by atomic mass is 35.5. The van der Waals surface area contributed by atoms with Gasteiger partial charge in [0.2, 0.25) is 11.7 Å². The van der Waals surface area contributed by atoms with Crippen molar-refractivity contribution in [2.75, 3.05) is 12.4 Å². The van der Waals surface area contributed by atoms with Gasteiger partial charge < -0.3 is 10.1 Å². The number of nitro groups is 1. The maximum atomic E-state index is 12.2. The largest absolute Gasteiger partial charge is 0.495 e. The molecule has 0 unspecified atom stereocenters. The highest BCUT2D eigenvalue weighted by molar-refractivity contribution is 6.31. The Balaban J connectivity index is 1.69. The number of carbonyl (C=O) groups is 1. The van der Waals surface area contributed by atoms with Gasteiger partial charge in [0, 0.05) is 22.7 Å². The van der Waals surface area contributed by atoms with Crippen molar-refractivity contribution in [3.63, 3.8) is 0 Å². The minimum atomic E-state index is -0.498. The van der Waals surface area contributed by atoms with Gasteiger partial charge in [-0.3, -0.25) is 14.9 Å². The van der Waals surface area contributed by atoms with Gasteiger partial charge in [-0.1, -0.05) is 11.6 Å². The number of rotatable bonds is 6. The van der Waals surface area contributed by atoms with Crippen LogP contribution in [0, 0.1) is 10.1 Å². The lowest BCUT2D eigenvalue weighted by Gasteiger charge is -2.10. The van der Waals surface area contributed by atoms with Gasteiger partial charge in [0.1, 0.15) is 12.3 Å². The summed E-state index contributed by atoms with van der Waals surface area (Å²) in [6.45, 7) is -0.185. The number of nitro benzene ring substituents is 1. The third-order valence-electron chi connectivity index (χ3n) is 3.51. The summed E-state index contributed by atoms with van der Waals surface area (Å²) in [6.07, 6.45) is 0. The molecule has 3 aromatic rings. The number of aromatic nitrogens is 4. The Morgan fingerprint density at radius 2 is 2.04 bits per heavy atom. The Bertz CT molecular complexity index is 989. The second-order valence-electron chi connectivity index (χ2n) is 5.34. The van der Waals surface area contributed by atoms with Crippen LogP contribution in [0.2, 0.25) is 5.02 Å². The molecule has 1 N–H and O–H groups in total. The zero-order valence-electron chi connectivity index (χ0n) is 14.0. The lowest BCUT2D eigenvalue weighted by molar-refractivity contribution is -0.384. The van der Waals surface area contributed by atoms with Crippen LogP contribution < -0.4 is 10.1 Å². The number of hydrogen-bond acceptors (Lipinski definition) is 7. The average Bonchev–Trinajstić information content (AvgIpc) is 3.10. The standard InChI is InChI=1S/C16H13ClN6O4/c1-27-14-7-4-11(17)8-13(14)18-15(24)9-22-20-16(19-21-22)10-2-5-12(6-3-10)23(25)26/h2-8H,9H2,1H3,(H,18,24). The van der Waals surface area contributed by atoms with E-state index in [1.54, 1.807) is 18.2 Å². The fraction of sp³-hybridized carbons (Fsp3) is 0.125. The van der Waals surface area contributed by atoms with E-state index in [1.807, 2.05) is 0 Å². The summed E-state index contributed by atoms with van der Waals surface area (Å²) in [5, 5.41) is 25.6. The van der Waals surface area contributed by atoms with E-state index in [0.717, 1.165) is 4.80 Å². The van der Waals surface area contributed by atoms with Crippen LogP contribution in [-0.2, 0) is 11.3 Å². The summed E-state index contributed by atoms with van der Waals surface area (Å²) in [6, 6.07) is 10.5. The van der Waals surface area contributed by atoms with Gasteiger partial charge in [0.15, 0.2) is 0 Å². The van der Waals surface area contributed by atoms with E-state index in [-0.39, 0.29) is 18.1 Å². The molecule has 2 aromatic carbocycles. The Labute approximate surface area is 157 Å². The molecule has 1 amide bonds. The predicted molar refractivity (Wildman–Crippen MR) is 96.5 cm³/mol. The molecular weight excluding hydrogens is 376 g/mol. The zero-order chi connectivity index (χ0) is 19.4. The number of ether oxygens (including phenoxy) is 1. The monoisotopic (exact) mass is 388 g/mol. The fourth-order valence-electron chi connectivity index (χ4n) is 2.25. The van der Waals surface area contributed by atoms with E-state index < -0.39 is 10.8 Å². The van der Waals surface area contributed by atoms with Gasteiger partial charge in [-0.2, -0.15) is 4.80 Å². The number of tetrazole rings is 1. The molecule has 0 aliphatic carbocycles. The van der Waals surface area contributed by atoms with Crippen LogP contribution in [0.15, 0.2) is 42.5 Å². The maximum absolute atomic E-state index is 12.2. The highest BCUT2D eigenvalue weighted by Gasteiger charge is 2.13. The number of methoxy groups -OCH3 is 1. The molecule has 0 aliphatic heterocycles. The molecule has 1 aromatic heterocycles. The SMILES string of the molecule is COc1ccc(Cl)cc1NC(=O)Cn1nnc(-c2ccc([N+](=O)[O-])cc2)n1. The fourth-order valence-corrected chi connectivity index (χ4v) is 2.43. The molecule has 138 valence electrons. The van der Waals surface area contributed by atoms with Crippen LogP contribution in [0.5, 0.6) is 5.75 Å². The van der Waals surface area contributed by atoms with E-state index in [2.05, 4.69) is 20.7 Å². The first-order chi connectivity index (χ1) is 13.0. The first-order valence-electron chi connectivity index (χ1n) is 7.62. The van der Waals surface area contributed by atoms with Gasteiger partial charge in [0.25, 0.3) is 5.69 Å². The predicted octanol–water partition coefficient (Wildman–Crippen LogP) is 2.55. The molecule has 0 bridgehead atoms. The van der Waals surface area contributed by atoms with Crippen molar-refractivity contribution in [3.05, 3.63) is 57.6 Å². The molecule has 11 heteroatoms. The summed E-state index contributed by atoms with van der Waals surface area (Å²) in [7, 11) is 1.48. The van der Waals surface area contributed by atoms with Crippen LogP contribution >= 0.6 is 11.6 Å². The minimum absolute atomic E-state index is 0.0408. The van der Waals surface area contributed by atoms with Crippen LogP contribution in [-0.4, -0.2) is 38.1 Å². The van der Waals surface area contributed by atoms with E-state index in [4.69, 9.17) is 16.3 Å². The molecule has 0 radical (unpaired) electrons. The van der Waals surface area contributed by atoms with Gasteiger partial charge in [-0.05, 0) is 35.5 Å². The first-order valence-corrected chi connectivity index (χ1v) is 8.00. The Morgan fingerprint density at radius 1 is 1.30 bits per heavy atom. The Morgan fingerprint density at radius 3 is 2.70 bits per heavy atom. The van der Waals surface area contributed by atoms with Crippen molar-refractivity contribution in [2.24, 2.45) is 0 Å². The van der Waals surface area contributed by atoms with Crippen molar-refractivity contribution in [1.82, 2.24) is 20.2 Å². The summed E-state index contributed by atoms with van der Waals surface area (Å²) in [5.74, 6) is 0.312.